The Bertz CT molecular complexity index is 396. The van der Waals surface area contributed by atoms with Crippen LogP contribution in [0, 0.1) is 0 Å². The molecule has 4 heteroatoms. The molecule has 94 valence electrons. The number of thiol groups is 2. The van der Waals surface area contributed by atoms with Gasteiger partial charge in [-0.25, -0.2) is 0 Å². The number of hydrogen-bond acceptors (Lipinski definition) is 4. The van der Waals surface area contributed by atoms with E-state index in [1.807, 2.05) is 36.4 Å². The average molecular weight is 311 g/mol. The Kier molecular flexibility index (Phi) is 9.12. The van der Waals surface area contributed by atoms with Crippen molar-refractivity contribution in [1.29, 1.82) is 0 Å². The lowest BCUT2D eigenvalue weighted by molar-refractivity contribution is 1.65. The molecule has 0 heterocycles. The van der Waals surface area contributed by atoms with Gasteiger partial charge < -0.3 is 0 Å². The van der Waals surface area contributed by atoms with Crippen molar-refractivity contribution < 1.29 is 0 Å². The van der Waals surface area contributed by atoms with E-state index in [2.05, 4.69) is 59.7 Å². The van der Waals surface area contributed by atoms with Gasteiger partial charge in [-0.15, -0.1) is 0 Å². The van der Waals surface area contributed by atoms with Crippen molar-refractivity contribution in [1.82, 2.24) is 0 Å². The van der Waals surface area contributed by atoms with E-state index in [0.29, 0.717) is 0 Å². The molecule has 0 N–H and O–H groups in total. The van der Waals surface area contributed by atoms with E-state index >= 15 is 0 Å². The second-order valence-corrected chi connectivity index (χ2v) is 7.18. The third-order valence-electron chi connectivity index (χ3n) is 2.10. The minimum absolute atomic E-state index is 1.23. The summed E-state index contributed by atoms with van der Waals surface area (Å²) in [5, 5.41) is 0. The minimum Gasteiger partial charge on any atom is -0.0989 e. The zero-order chi connectivity index (χ0) is 13.1. The predicted molar refractivity (Wildman–Crippen MR) is 95.0 cm³/mol. The molecule has 0 spiro atoms. The molecule has 0 amide bonds. The van der Waals surface area contributed by atoms with Crippen molar-refractivity contribution in [3.05, 3.63) is 71.8 Å². The molecule has 2 rings (SSSR count). The van der Waals surface area contributed by atoms with Crippen molar-refractivity contribution >= 4 is 55.1 Å². The molecule has 0 nitrogen and oxygen atoms in total. The molecule has 0 aliphatic rings. The lowest BCUT2D eigenvalue weighted by Gasteiger charge is -1.92. The molecule has 0 saturated carbocycles. The molecule has 18 heavy (non-hydrogen) atoms. The van der Waals surface area contributed by atoms with Gasteiger partial charge in [-0.3, -0.25) is 0 Å². The molecule has 0 aliphatic heterocycles. The van der Waals surface area contributed by atoms with Crippen LogP contribution < -0.4 is 0 Å². The van der Waals surface area contributed by atoms with E-state index < -0.39 is 0 Å². The summed E-state index contributed by atoms with van der Waals surface area (Å²) in [6, 6.07) is 20.6. The van der Waals surface area contributed by atoms with Crippen LogP contribution in [0.1, 0.15) is 11.1 Å². The van der Waals surface area contributed by atoms with Gasteiger partial charge in [0, 0.05) is 0 Å². The van der Waals surface area contributed by atoms with E-state index in [4.69, 9.17) is 0 Å². The fourth-order valence-corrected chi connectivity index (χ4v) is 1.32. The number of benzene rings is 2. The summed E-state index contributed by atoms with van der Waals surface area (Å²) in [5.74, 6) is 0. The van der Waals surface area contributed by atoms with E-state index in [-0.39, 0.29) is 0 Å². The first-order valence-corrected chi connectivity index (χ1v) is 9.52. The van der Waals surface area contributed by atoms with Crippen molar-refractivity contribution in [2.24, 2.45) is 0 Å². The molecule has 0 radical (unpaired) electrons. The zero-order valence-corrected chi connectivity index (χ0v) is 13.1. The number of rotatable bonds is 3. The SMILES string of the molecule is C(=C\c1ccccc1)/c1ccccc1.SSSS. The van der Waals surface area contributed by atoms with Crippen molar-refractivity contribution in [2.45, 2.75) is 0 Å². The normalized spacial score (nSPS) is 9.89. The number of hydrogen-bond donors (Lipinski definition) is 2. The van der Waals surface area contributed by atoms with Gasteiger partial charge in [-0.2, -0.15) is 0 Å². The molecule has 2 aromatic carbocycles. The van der Waals surface area contributed by atoms with E-state index in [0.717, 1.165) is 0 Å². The largest absolute Gasteiger partial charge is 0.0989 e. The highest BCUT2D eigenvalue weighted by Crippen LogP contribution is 2.27. The molecule has 0 bridgehead atoms. The van der Waals surface area contributed by atoms with Crippen LogP contribution in [0.5, 0.6) is 0 Å². The highest BCUT2D eigenvalue weighted by molar-refractivity contribution is 9.21. The van der Waals surface area contributed by atoms with Gasteiger partial charge in [0.2, 0.25) is 0 Å². The van der Waals surface area contributed by atoms with Crippen molar-refractivity contribution in [3.8, 4) is 0 Å². The van der Waals surface area contributed by atoms with Crippen LogP contribution >= 0.6 is 43.0 Å². The first-order valence-electron chi connectivity index (χ1n) is 5.26. The fraction of sp³-hybridized carbons (Fsp3) is 0. The van der Waals surface area contributed by atoms with Crippen LogP contribution in [0.25, 0.3) is 12.2 Å². The molecule has 2 aromatic rings. The summed E-state index contributed by atoms with van der Waals surface area (Å²) >= 11 is 7.45. The van der Waals surface area contributed by atoms with Gasteiger partial charge in [-0.05, 0) is 30.8 Å². The molecule has 0 atom stereocenters. The lowest BCUT2D eigenvalue weighted by Crippen LogP contribution is -1.70. The van der Waals surface area contributed by atoms with Gasteiger partial charge in [-0.1, -0.05) is 96.1 Å². The Labute approximate surface area is 126 Å². The summed E-state index contributed by atoms with van der Waals surface area (Å²) in [7, 11) is 2.66. The quantitative estimate of drug-likeness (QED) is 0.410. The van der Waals surface area contributed by atoms with Crippen LogP contribution in [-0.2, 0) is 0 Å². The van der Waals surface area contributed by atoms with E-state index in [1.54, 1.807) is 0 Å². The van der Waals surface area contributed by atoms with Gasteiger partial charge in [0.15, 0.2) is 0 Å². The van der Waals surface area contributed by atoms with Crippen LogP contribution in [0.3, 0.4) is 0 Å². The average Bonchev–Trinajstić information content (AvgIpc) is 2.47. The maximum Gasteiger partial charge on any atom is -0.0170 e. The molecule has 0 aromatic heterocycles. The maximum atomic E-state index is 3.72. The smallest absolute Gasteiger partial charge is 0.0170 e. The molecular formula is C14H14S4. The van der Waals surface area contributed by atoms with Gasteiger partial charge >= 0.3 is 0 Å². The Hall–Kier alpha value is -0.420. The van der Waals surface area contributed by atoms with Gasteiger partial charge in [0.05, 0.1) is 0 Å². The topological polar surface area (TPSA) is 0 Å². The van der Waals surface area contributed by atoms with Crippen LogP contribution in [0.4, 0.5) is 0 Å². The van der Waals surface area contributed by atoms with Crippen LogP contribution in [0.2, 0.25) is 0 Å². The zero-order valence-electron chi connectivity index (χ0n) is 9.64. The predicted octanol–water partition coefficient (Wildman–Crippen LogP) is 5.91. The third kappa shape index (κ3) is 7.11. The second kappa shape index (κ2) is 10.5. The Morgan fingerprint density at radius 3 is 1.22 bits per heavy atom. The van der Waals surface area contributed by atoms with E-state index in [9.17, 15) is 0 Å². The summed E-state index contributed by atoms with van der Waals surface area (Å²) in [5.41, 5.74) is 2.47. The summed E-state index contributed by atoms with van der Waals surface area (Å²) in [6.45, 7) is 0. The molecule has 0 fully saturated rings. The first kappa shape index (κ1) is 15.6. The Morgan fingerprint density at radius 1 is 0.611 bits per heavy atom. The van der Waals surface area contributed by atoms with Gasteiger partial charge in [0.25, 0.3) is 0 Å². The first-order chi connectivity index (χ1) is 8.86. The molecule has 0 unspecified atom stereocenters. The monoisotopic (exact) mass is 310 g/mol. The molecular weight excluding hydrogens is 296 g/mol. The Morgan fingerprint density at radius 2 is 0.944 bits per heavy atom. The minimum atomic E-state index is 1.23. The van der Waals surface area contributed by atoms with Crippen LogP contribution in [-0.4, -0.2) is 0 Å². The van der Waals surface area contributed by atoms with Crippen molar-refractivity contribution in [2.75, 3.05) is 0 Å². The second-order valence-electron chi connectivity index (χ2n) is 3.30. The lowest BCUT2D eigenvalue weighted by atomic mass is 10.1. The molecule has 0 saturated heterocycles. The van der Waals surface area contributed by atoms with E-state index in [1.165, 1.54) is 30.8 Å². The Balaban J connectivity index is 0.000000357. The van der Waals surface area contributed by atoms with Crippen molar-refractivity contribution in [3.63, 3.8) is 0 Å². The maximum absolute atomic E-state index is 3.72. The van der Waals surface area contributed by atoms with Gasteiger partial charge in [0.1, 0.15) is 0 Å². The summed E-state index contributed by atoms with van der Waals surface area (Å²) < 4.78 is 0. The highest BCUT2D eigenvalue weighted by atomic mass is 33.7. The van der Waals surface area contributed by atoms with Crippen LogP contribution in [0.15, 0.2) is 60.7 Å². The summed E-state index contributed by atoms with van der Waals surface area (Å²) in [6.07, 6.45) is 4.24. The molecule has 0 aliphatic carbocycles. The fourth-order valence-electron chi connectivity index (χ4n) is 1.32. The summed E-state index contributed by atoms with van der Waals surface area (Å²) in [4.78, 5) is 0. The standard InChI is InChI=1S/C14H12.H2S4/c1-3-7-13(8-4-1)11-12-14-9-5-2-6-10-14;1-3-4-2/h1-12H;1-2H/b12-11+;. The third-order valence-corrected chi connectivity index (χ3v) is 4.77. The highest BCUT2D eigenvalue weighted by Gasteiger charge is 1.84.